The second-order valence-corrected chi connectivity index (χ2v) is 8.75. The van der Waals surface area contributed by atoms with Crippen LogP contribution in [0.2, 0.25) is 5.15 Å². The Balaban J connectivity index is 1.32. The van der Waals surface area contributed by atoms with E-state index in [2.05, 4.69) is 21.4 Å². The summed E-state index contributed by atoms with van der Waals surface area (Å²) < 4.78 is 2.26. The van der Waals surface area contributed by atoms with E-state index in [4.69, 9.17) is 11.6 Å². The minimum Gasteiger partial charge on any atom is -0.348 e. The highest BCUT2D eigenvalue weighted by Gasteiger charge is 2.07. The van der Waals surface area contributed by atoms with Gasteiger partial charge >= 0.3 is 0 Å². The lowest BCUT2D eigenvalue weighted by atomic mass is 10.1. The van der Waals surface area contributed by atoms with Crippen molar-refractivity contribution in [2.24, 2.45) is 0 Å². The maximum Gasteiger partial charge on any atom is 0.251 e. The highest BCUT2D eigenvalue weighted by Crippen LogP contribution is 2.31. The van der Waals surface area contributed by atoms with Gasteiger partial charge in [-0.15, -0.1) is 11.3 Å². The molecule has 28 heavy (non-hydrogen) atoms. The SMILES string of the molecule is O=C(NCc1ccc(Cl)nc1)c1ccc(CSc2nc3ccccc3s2)cc1. The summed E-state index contributed by atoms with van der Waals surface area (Å²) in [5.74, 6) is 0.707. The number of hydrogen-bond donors (Lipinski definition) is 1. The molecular weight excluding hydrogens is 410 g/mol. The van der Waals surface area contributed by atoms with Gasteiger partial charge < -0.3 is 5.32 Å². The number of thiazole rings is 1. The fourth-order valence-electron chi connectivity index (χ4n) is 2.61. The van der Waals surface area contributed by atoms with Crippen LogP contribution in [0.25, 0.3) is 10.2 Å². The van der Waals surface area contributed by atoms with Crippen LogP contribution in [-0.2, 0) is 12.3 Å². The molecule has 2 aromatic heterocycles. The van der Waals surface area contributed by atoms with E-state index in [0.29, 0.717) is 17.3 Å². The Morgan fingerprint density at radius 3 is 2.57 bits per heavy atom. The summed E-state index contributed by atoms with van der Waals surface area (Å²) >= 11 is 9.18. The number of nitrogens with one attached hydrogen (secondary N) is 1. The summed E-state index contributed by atoms with van der Waals surface area (Å²) in [5.41, 5.74) is 3.73. The number of carbonyl (C=O) groups excluding carboxylic acids is 1. The Hall–Kier alpha value is -2.41. The number of rotatable bonds is 6. The van der Waals surface area contributed by atoms with Gasteiger partial charge in [0.1, 0.15) is 5.15 Å². The molecule has 2 aromatic carbocycles. The Bertz CT molecular complexity index is 1060. The highest BCUT2D eigenvalue weighted by molar-refractivity contribution is 8.00. The summed E-state index contributed by atoms with van der Waals surface area (Å²) in [6, 6.07) is 19.4. The Morgan fingerprint density at radius 2 is 1.82 bits per heavy atom. The van der Waals surface area contributed by atoms with Gasteiger partial charge in [-0.25, -0.2) is 9.97 Å². The molecule has 0 radical (unpaired) electrons. The smallest absolute Gasteiger partial charge is 0.251 e. The normalized spacial score (nSPS) is 10.9. The number of nitrogens with zero attached hydrogens (tertiary/aromatic N) is 2. The molecule has 0 aliphatic heterocycles. The van der Waals surface area contributed by atoms with Crippen molar-refractivity contribution in [3.63, 3.8) is 0 Å². The Morgan fingerprint density at radius 1 is 1.04 bits per heavy atom. The van der Waals surface area contributed by atoms with Gasteiger partial charge in [-0.3, -0.25) is 4.79 Å². The predicted molar refractivity (Wildman–Crippen MR) is 116 cm³/mol. The molecule has 0 spiro atoms. The van der Waals surface area contributed by atoms with Crippen molar-refractivity contribution in [3.8, 4) is 0 Å². The summed E-state index contributed by atoms with van der Waals surface area (Å²) in [6.07, 6.45) is 1.66. The van der Waals surface area contributed by atoms with E-state index in [1.54, 1.807) is 35.4 Å². The largest absolute Gasteiger partial charge is 0.348 e. The number of amides is 1. The summed E-state index contributed by atoms with van der Waals surface area (Å²) in [4.78, 5) is 20.9. The van der Waals surface area contributed by atoms with Gasteiger partial charge in [0.25, 0.3) is 5.91 Å². The van der Waals surface area contributed by atoms with E-state index < -0.39 is 0 Å². The standard InChI is InChI=1S/C21H16ClN3OS2/c22-19-10-7-15(11-23-19)12-24-20(26)16-8-5-14(6-9-16)13-27-21-25-17-3-1-2-4-18(17)28-21/h1-11H,12-13H2,(H,24,26). The Labute approximate surface area is 176 Å². The zero-order valence-electron chi connectivity index (χ0n) is 14.8. The highest BCUT2D eigenvalue weighted by atomic mass is 35.5. The van der Waals surface area contributed by atoms with Crippen molar-refractivity contribution in [2.75, 3.05) is 0 Å². The van der Waals surface area contributed by atoms with Crippen LogP contribution in [-0.4, -0.2) is 15.9 Å². The fraction of sp³-hybridized carbons (Fsp3) is 0.0952. The topological polar surface area (TPSA) is 54.9 Å². The molecule has 140 valence electrons. The number of hydrogen-bond acceptors (Lipinski definition) is 5. The first-order valence-electron chi connectivity index (χ1n) is 8.63. The van der Waals surface area contributed by atoms with Crippen molar-refractivity contribution in [1.82, 2.24) is 15.3 Å². The minimum absolute atomic E-state index is 0.111. The maximum absolute atomic E-state index is 12.3. The Kier molecular flexibility index (Phi) is 5.90. The summed E-state index contributed by atoms with van der Waals surface area (Å²) in [5, 5.41) is 3.33. The molecule has 0 unspecified atom stereocenters. The molecule has 1 N–H and O–H groups in total. The van der Waals surface area contributed by atoms with Gasteiger partial charge in [0.15, 0.2) is 4.34 Å². The molecule has 0 bridgehead atoms. The van der Waals surface area contributed by atoms with Crippen LogP contribution in [0.15, 0.2) is 71.2 Å². The number of thioether (sulfide) groups is 1. The lowest BCUT2D eigenvalue weighted by molar-refractivity contribution is 0.0951. The molecule has 4 aromatic rings. The monoisotopic (exact) mass is 425 g/mol. The molecule has 0 saturated carbocycles. The quantitative estimate of drug-likeness (QED) is 0.324. The van der Waals surface area contributed by atoms with Crippen LogP contribution >= 0.6 is 34.7 Å². The van der Waals surface area contributed by atoms with Crippen LogP contribution in [0.5, 0.6) is 0 Å². The molecule has 0 saturated heterocycles. The van der Waals surface area contributed by atoms with Crippen molar-refractivity contribution < 1.29 is 4.79 Å². The van der Waals surface area contributed by atoms with Crippen LogP contribution in [0.3, 0.4) is 0 Å². The number of benzene rings is 2. The molecule has 4 nitrogen and oxygen atoms in total. The number of pyridine rings is 1. The van der Waals surface area contributed by atoms with E-state index in [-0.39, 0.29) is 5.91 Å². The zero-order valence-corrected chi connectivity index (χ0v) is 17.2. The fourth-order valence-corrected chi connectivity index (χ4v) is 4.74. The molecule has 7 heteroatoms. The van der Waals surface area contributed by atoms with Crippen LogP contribution in [0, 0.1) is 0 Å². The van der Waals surface area contributed by atoms with Gasteiger partial charge in [0.2, 0.25) is 0 Å². The molecule has 0 atom stereocenters. The second-order valence-electron chi connectivity index (χ2n) is 6.10. The average molecular weight is 426 g/mol. The third-order valence-electron chi connectivity index (χ3n) is 4.09. The summed E-state index contributed by atoms with van der Waals surface area (Å²) in [7, 11) is 0. The van der Waals surface area contributed by atoms with Crippen molar-refractivity contribution in [3.05, 3.63) is 88.7 Å². The molecule has 0 aliphatic carbocycles. The number of carbonyl (C=O) groups is 1. The van der Waals surface area contributed by atoms with Gasteiger partial charge in [0, 0.05) is 24.1 Å². The van der Waals surface area contributed by atoms with Crippen LogP contribution in [0.1, 0.15) is 21.5 Å². The first-order chi connectivity index (χ1) is 13.7. The van der Waals surface area contributed by atoms with E-state index in [1.807, 2.05) is 48.5 Å². The van der Waals surface area contributed by atoms with Crippen molar-refractivity contribution in [1.29, 1.82) is 0 Å². The molecule has 1 amide bonds. The number of aromatic nitrogens is 2. The first kappa shape index (κ1) is 18.9. The number of fused-ring (bicyclic) bond motifs is 1. The zero-order chi connectivity index (χ0) is 19.3. The molecule has 4 rings (SSSR count). The van der Waals surface area contributed by atoms with E-state index in [0.717, 1.165) is 26.7 Å². The van der Waals surface area contributed by atoms with Gasteiger partial charge in [0.05, 0.1) is 10.2 Å². The van der Waals surface area contributed by atoms with Gasteiger partial charge in [-0.1, -0.05) is 53.7 Å². The van der Waals surface area contributed by atoms with Crippen molar-refractivity contribution >= 4 is 50.8 Å². The minimum atomic E-state index is -0.111. The second kappa shape index (κ2) is 8.73. The van der Waals surface area contributed by atoms with E-state index >= 15 is 0 Å². The van der Waals surface area contributed by atoms with Crippen molar-refractivity contribution in [2.45, 2.75) is 16.6 Å². The lowest BCUT2D eigenvalue weighted by Crippen LogP contribution is -2.22. The van der Waals surface area contributed by atoms with Gasteiger partial charge in [-0.2, -0.15) is 0 Å². The summed E-state index contributed by atoms with van der Waals surface area (Å²) in [6.45, 7) is 0.415. The number of para-hydroxylation sites is 1. The van der Waals surface area contributed by atoms with Crippen LogP contribution in [0.4, 0.5) is 0 Å². The van der Waals surface area contributed by atoms with E-state index in [1.165, 1.54) is 4.70 Å². The molecule has 2 heterocycles. The van der Waals surface area contributed by atoms with Gasteiger partial charge in [-0.05, 0) is 41.5 Å². The molecule has 0 fully saturated rings. The maximum atomic E-state index is 12.3. The molecular formula is C21H16ClN3OS2. The molecule has 0 aliphatic rings. The lowest BCUT2D eigenvalue weighted by Gasteiger charge is -2.06. The van der Waals surface area contributed by atoms with E-state index in [9.17, 15) is 4.79 Å². The number of halogens is 1. The first-order valence-corrected chi connectivity index (χ1v) is 10.8. The third kappa shape index (κ3) is 4.70. The third-order valence-corrected chi connectivity index (χ3v) is 6.57. The average Bonchev–Trinajstić information content (AvgIpc) is 3.15. The van der Waals surface area contributed by atoms with Crippen LogP contribution < -0.4 is 5.32 Å². The predicted octanol–water partition coefficient (Wildman–Crippen LogP) is 5.57.